The minimum atomic E-state index is -0.471. The van der Waals surface area contributed by atoms with Crippen molar-refractivity contribution in [2.75, 3.05) is 13.2 Å². The lowest BCUT2D eigenvalue weighted by Gasteiger charge is -2.27. The van der Waals surface area contributed by atoms with Gasteiger partial charge in [-0.15, -0.1) is 0 Å². The molecular formula is C25H44O4. The molecular weight excluding hydrogens is 364 g/mol. The van der Waals surface area contributed by atoms with Gasteiger partial charge in [0.2, 0.25) is 0 Å². The molecule has 0 bridgehead atoms. The molecule has 4 nitrogen and oxygen atoms in total. The highest BCUT2D eigenvalue weighted by molar-refractivity contribution is 5.96. The van der Waals surface area contributed by atoms with Crippen LogP contribution in [0.3, 0.4) is 0 Å². The molecule has 0 heterocycles. The van der Waals surface area contributed by atoms with Crippen LogP contribution in [0.1, 0.15) is 111 Å². The molecule has 2 atom stereocenters. The largest absolute Gasteiger partial charge is 0.465 e. The van der Waals surface area contributed by atoms with Crippen molar-refractivity contribution in [3.8, 4) is 0 Å². The van der Waals surface area contributed by atoms with Crippen molar-refractivity contribution in [2.45, 2.75) is 111 Å². The van der Waals surface area contributed by atoms with Gasteiger partial charge in [-0.05, 0) is 31.6 Å². The number of esters is 2. The lowest BCUT2D eigenvalue weighted by atomic mass is 9.79. The average molecular weight is 409 g/mol. The topological polar surface area (TPSA) is 52.6 Å². The van der Waals surface area contributed by atoms with Crippen LogP contribution in [0.2, 0.25) is 0 Å². The van der Waals surface area contributed by atoms with Gasteiger partial charge in [-0.2, -0.15) is 0 Å². The van der Waals surface area contributed by atoms with Gasteiger partial charge in [0.1, 0.15) is 0 Å². The van der Waals surface area contributed by atoms with Gasteiger partial charge in [0.15, 0.2) is 0 Å². The van der Waals surface area contributed by atoms with Crippen LogP contribution < -0.4 is 0 Å². The molecule has 4 heteroatoms. The fourth-order valence-corrected chi connectivity index (χ4v) is 3.95. The SMILES string of the molecule is CCCCCCCCOC(=O)C1=CCCC(C)C1C(=O)OCCCCCCCC. The number of hydrogen-bond acceptors (Lipinski definition) is 4. The summed E-state index contributed by atoms with van der Waals surface area (Å²) in [5.74, 6) is -0.935. The first kappa shape index (κ1) is 25.7. The summed E-state index contributed by atoms with van der Waals surface area (Å²) in [6.45, 7) is 7.34. The summed E-state index contributed by atoms with van der Waals surface area (Å²) >= 11 is 0. The van der Waals surface area contributed by atoms with E-state index in [1.54, 1.807) is 0 Å². The maximum absolute atomic E-state index is 12.7. The van der Waals surface area contributed by atoms with Gasteiger partial charge in [-0.3, -0.25) is 4.79 Å². The second-order valence-electron chi connectivity index (χ2n) is 8.53. The molecule has 0 aromatic carbocycles. The van der Waals surface area contributed by atoms with Crippen LogP contribution in [0.4, 0.5) is 0 Å². The summed E-state index contributed by atoms with van der Waals surface area (Å²) in [5.41, 5.74) is 0.516. The number of carbonyl (C=O) groups is 2. The van der Waals surface area contributed by atoms with Gasteiger partial charge in [0, 0.05) is 5.57 Å². The van der Waals surface area contributed by atoms with Crippen LogP contribution in [0.25, 0.3) is 0 Å². The summed E-state index contributed by atoms with van der Waals surface area (Å²) in [5, 5.41) is 0. The van der Waals surface area contributed by atoms with E-state index in [9.17, 15) is 9.59 Å². The van der Waals surface area contributed by atoms with Gasteiger partial charge in [-0.25, -0.2) is 4.79 Å². The van der Waals surface area contributed by atoms with E-state index in [0.29, 0.717) is 18.8 Å². The Morgan fingerprint density at radius 1 is 0.828 bits per heavy atom. The number of carbonyl (C=O) groups excluding carboxylic acids is 2. The smallest absolute Gasteiger partial charge is 0.334 e. The zero-order chi connectivity index (χ0) is 21.3. The number of ether oxygens (including phenoxy) is 2. The minimum Gasteiger partial charge on any atom is -0.465 e. The molecule has 0 saturated carbocycles. The fraction of sp³-hybridized carbons (Fsp3) is 0.840. The van der Waals surface area contributed by atoms with Gasteiger partial charge < -0.3 is 9.47 Å². The van der Waals surface area contributed by atoms with Gasteiger partial charge in [-0.1, -0.05) is 91.1 Å². The summed E-state index contributed by atoms with van der Waals surface area (Å²) in [7, 11) is 0. The highest BCUT2D eigenvalue weighted by Crippen LogP contribution is 2.32. The Balaban J connectivity index is 2.36. The van der Waals surface area contributed by atoms with Crippen LogP contribution in [-0.2, 0) is 19.1 Å². The second kappa shape index (κ2) is 16.5. The predicted octanol–water partition coefficient (Wildman–Crippen LogP) is 6.77. The van der Waals surface area contributed by atoms with E-state index in [1.165, 1.54) is 51.4 Å². The Morgan fingerprint density at radius 2 is 1.34 bits per heavy atom. The van der Waals surface area contributed by atoms with E-state index in [0.717, 1.165) is 38.5 Å². The molecule has 0 amide bonds. The Labute approximate surface area is 178 Å². The normalized spacial score (nSPS) is 18.9. The summed E-state index contributed by atoms with van der Waals surface area (Å²) in [4.78, 5) is 25.2. The molecule has 0 aromatic rings. The maximum atomic E-state index is 12.7. The Hall–Kier alpha value is -1.32. The summed E-state index contributed by atoms with van der Waals surface area (Å²) in [6.07, 6.45) is 17.5. The molecule has 168 valence electrons. The molecule has 0 aromatic heterocycles. The third-order valence-corrected chi connectivity index (χ3v) is 5.85. The van der Waals surface area contributed by atoms with E-state index in [4.69, 9.17) is 9.47 Å². The van der Waals surface area contributed by atoms with Gasteiger partial charge >= 0.3 is 11.9 Å². The summed E-state index contributed by atoms with van der Waals surface area (Å²) in [6, 6.07) is 0. The highest BCUT2D eigenvalue weighted by atomic mass is 16.5. The fourth-order valence-electron chi connectivity index (χ4n) is 3.95. The number of unbranched alkanes of at least 4 members (excludes halogenated alkanes) is 10. The lowest BCUT2D eigenvalue weighted by molar-refractivity contribution is -0.152. The maximum Gasteiger partial charge on any atom is 0.334 e. The molecule has 1 rings (SSSR count). The molecule has 0 radical (unpaired) electrons. The highest BCUT2D eigenvalue weighted by Gasteiger charge is 2.36. The molecule has 0 fully saturated rings. The van der Waals surface area contributed by atoms with Crippen molar-refractivity contribution in [3.63, 3.8) is 0 Å². The van der Waals surface area contributed by atoms with Crippen LogP contribution in [0.5, 0.6) is 0 Å². The first-order chi connectivity index (χ1) is 14.1. The van der Waals surface area contributed by atoms with Gasteiger partial charge in [0.25, 0.3) is 0 Å². The first-order valence-corrected chi connectivity index (χ1v) is 12.2. The monoisotopic (exact) mass is 408 g/mol. The third kappa shape index (κ3) is 10.9. The van der Waals surface area contributed by atoms with Crippen LogP contribution in [0, 0.1) is 11.8 Å². The number of rotatable bonds is 16. The lowest BCUT2D eigenvalue weighted by Crippen LogP contribution is -2.32. The zero-order valence-corrected chi connectivity index (χ0v) is 19.2. The van der Waals surface area contributed by atoms with Crippen molar-refractivity contribution in [1.82, 2.24) is 0 Å². The zero-order valence-electron chi connectivity index (χ0n) is 19.2. The Morgan fingerprint density at radius 3 is 1.93 bits per heavy atom. The molecule has 0 aliphatic heterocycles. The molecule has 0 spiro atoms. The quantitative estimate of drug-likeness (QED) is 0.209. The number of allylic oxidation sites excluding steroid dienone is 1. The van der Waals surface area contributed by atoms with Crippen molar-refractivity contribution in [3.05, 3.63) is 11.6 Å². The van der Waals surface area contributed by atoms with E-state index >= 15 is 0 Å². The predicted molar refractivity (Wildman–Crippen MR) is 119 cm³/mol. The molecule has 0 saturated heterocycles. The van der Waals surface area contributed by atoms with Crippen LogP contribution in [-0.4, -0.2) is 25.2 Å². The molecule has 1 aliphatic carbocycles. The number of hydrogen-bond donors (Lipinski definition) is 0. The van der Waals surface area contributed by atoms with E-state index in [1.807, 2.05) is 13.0 Å². The standard InChI is InChI=1S/C25H44O4/c1-4-6-8-10-12-14-19-28-24(26)22-18-16-17-21(3)23(22)25(27)29-20-15-13-11-9-7-5-2/h18,21,23H,4-17,19-20H2,1-3H3. The first-order valence-electron chi connectivity index (χ1n) is 12.2. The molecule has 0 N–H and O–H groups in total. The third-order valence-electron chi connectivity index (χ3n) is 5.85. The average Bonchev–Trinajstić information content (AvgIpc) is 2.72. The Kier molecular flexibility index (Phi) is 14.6. The van der Waals surface area contributed by atoms with E-state index < -0.39 is 5.92 Å². The summed E-state index contributed by atoms with van der Waals surface area (Å²) < 4.78 is 11.0. The second-order valence-corrected chi connectivity index (χ2v) is 8.53. The van der Waals surface area contributed by atoms with Crippen LogP contribution in [0.15, 0.2) is 11.6 Å². The van der Waals surface area contributed by atoms with E-state index in [2.05, 4.69) is 13.8 Å². The van der Waals surface area contributed by atoms with E-state index in [-0.39, 0.29) is 17.9 Å². The Bertz CT molecular complexity index is 483. The molecule has 2 unspecified atom stereocenters. The van der Waals surface area contributed by atoms with Gasteiger partial charge in [0.05, 0.1) is 19.1 Å². The minimum absolute atomic E-state index is 0.119. The van der Waals surface area contributed by atoms with Crippen molar-refractivity contribution in [2.24, 2.45) is 11.8 Å². The molecule has 1 aliphatic rings. The molecule has 29 heavy (non-hydrogen) atoms. The van der Waals surface area contributed by atoms with Crippen molar-refractivity contribution < 1.29 is 19.1 Å². The van der Waals surface area contributed by atoms with Crippen LogP contribution >= 0.6 is 0 Å². The van der Waals surface area contributed by atoms with Crippen molar-refractivity contribution in [1.29, 1.82) is 0 Å². The van der Waals surface area contributed by atoms with Crippen molar-refractivity contribution >= 4 is 11.9 Å².